The number of amides is 1. The molecule has 0 aliphatic carbocycles. The van der Waals surface area contributed by atoms with E-state index in [0.29, 0.717) is 11.6 Å². The van der Waals surface area contributed by atoms with E-state index in [4.69, 9.17) is 4.74 Å². The van der Waals surface area contributed by atoms with E-state index in [1.165, 1.54) is 23.9 Å². The first-order chi connectivity index (χ1) is 12.9. The standard InChI is InChI=1S/C19H20F2N2O3S/c1-3-12(2)13-6-8-14(9-7-13)23-16(24)11-26-18(25)15-5-4-10-22-17(15)27-19(20)21/h4-10,12,19H,3,11H2,1-2H3,(H,23,24)/t12-/m0/s1. The fraction of sp³-hybridized carbons (Fsp3) is 0.316. The third-order valence-corrected chi connectivity index (χ3v) is 4.63. The number of carbonyl (C=O) groups is 2. The van der Waals surface area contributed by atoms with Crippen molar-refractivity contribution in [2.45, 2.75) is 37.0 Å². The van der Waals surface area contributed by atoms with Crippen molar-refractivity contribution in [2.24, 2.45) is 0 Å². The first-order valence-corrected chi connectivity index (χ1v) is 9.25. The van der Waals surface area contributed by atoms with Gasteiger partial charge in [0.25, 0.3) is 11.7 Å². The van der Waals surface area contributed by atoms with E-state index in [1.54, 1.807) is 12.1 Å². The molecule has 0 aliphatic heterocycles. The van der Waals surface area contributed by atoms with Crippen LogP contribution in [0.4, 0.5) is 14.5 Å². The Morgan fingerprint density at radius 1 is 1.22 bits per heavy atom. The highest BCUT2D eigenvalue weighted by molar-refractivity contribution is 7.99. The molecule has 0 saturated carbocycles. The molecule has 1 N–H and O–H groups in total. The molecule has 0 radical (unpaired) electrons. The van der Waals surface area contributed by atoms with Crippen molar-refractivity contribution >= 4 is 29.3 Å². The lowest BCUT2D eigenvalue weighted by atomic mass is 9.99. The van der Waals surface area contributed by atoms with Crippen molar-refractivity contribution in [3.63, 3.8) is 0 Å². The van der Waals surface area contributed by atoms with Crippen LogP contribution in [-0.2, 0) is 9.53 Å². The predicted octanol–water partition coefficient (Wildman–Crippen LogP) is 4.71. The van der Waals surface area contributed by atoms with Crippen LogP contribution in [0.15, 0.2) is 47.6 Å². The minimum atomic E-state index is -2.71. The smallest absolute Gasteiger partial charge is 0.341 e. The maximum Gasteiger partial charge on any atom is 0.341 e. The molecule has 8 heteroatoms. The Morgan fingerprint density at radius 3 is 2.56 bits per heavy atom. The number of nitrogens with one attached hydrogen (secondary N) is 1. The van der Waals surface area contributed by atoms with Gasteiger partial charge in [-0.1, -0.05) is 26.0 Å². The van der Waals surface area contributed by atoms with Gasteiger partial charge in [0.05, 0.1) is 5.56 Å². The Labute approximate surface area is 160 Å². The molecule has 5 nitrogen and oxygen atoms in total. The Hall–Kier alpha value is -2.48. The van der Waals surface area contributed by atoms with Crippen molar-refractivity contribution < 1.29 is 23.1 Å². The average Bonchev–Trinajstić information content (AvgIpc) is 2.66. The van der Waals surface area contributed by atoms with Gasteiger partial charge in [0.15, 0.2) is 6.61 Å². The van der Waals surface area contributed by atoms with Gasteiger partial charge in [-0.2, -0.15) is 8.78 Å². The average molecular weight is 394 g/mol. The zero-order valence-electron chi connectivity index (χ0n) is 14.9. The highest BCUT2D eigenvalue weighted by atomic mass is 32.2. The van der Waals surface area contributed by atoms with Crippen molar-refractivity contribution in [1.82, 2.24) is 4.98 Å². The lowest BCUT2D eigenvalue weighted by molar-refractivity contribution is -0.119. The Morgan fingerprint density at radius 2 is 1.93 bits per heavy atom. The van der Waals surface area contributed by atoms with E-state index < -0.39 is 24.2 Å². The van der Waals surface area contributed by atoms with Crippen molar-refractivity contribution in [2.75, 3.05) is 11.9 Å². The number of ether oxygens (including phenoxy) is 1. The monoisotopic (exact) mass is 394 g/mol. The number of esters is 1. The number of anilines is 1. The van der Waals surface area contributed by atoms with Gasteiger partial charge in [0.2, 0.25) is 0 Å². The molecule has 0 fully saturated rings. The SMILES string of the molecule is CC[C@H](C)c1ccc(NC(=O)COC(=O)c2cccnc2SC(F)F)cc1. The molecule has 0 aliphatic rings. The van der Waals surface area contributed by atoms with Gasteiger partial charge in [-0.05, 0) is 53.9 Å². The molecular weight excluding hydrogens is 374 g/mol. The second kappa shape index (κ2) is 10.0. The minimum absolute atomic E-state index is 0.103. The molecule has 27 heavy (non-hydrogen) atoms. The van der Waals surface area contributed by atoms with E-state index in [9.17, 15) is 18.4 Å². The molecule has 0 bridgehead atoms. The van der Waals surface area contributed by atoms with Gasteiger partial charge in [-0.15, -0.1) is 0 Å². The lowest BCUT2D eigenvalue weighted by Crippen LogP contribution is -2.21. The fourth-order valence-electron chi connectivity index (χ4n) is 2.26. The number of thioether (sulfide) groups is 1. The first kappa shape index (κ1) is 20.8. The summed E-state index contributed by atoms with van der Waals surface area (Å²) >= 11 is 0.150. The van der Waals surface area contributed by atoms with E-state index in [2.05, 4.69) is 24.1 Å². The predicted molar refractivity (Wildman–Crippen MR) is 100 cm³/mol. The van der Waals surface area contributed by atoms with Crippen LogP contribution in [0.5, 0.6) is 0 Å². The number of benzene rings is 1. The Bertz CT molecular complexity index is 785. The van der Waals surface area contributed by atoms with Crippen LogP contribution in [0.1, 0.15) is 42.1 Å². The van der Waals surface area contributed by atoms with Crippen molar-refractivity contribution in [3.8, 4) is 0 Å². The van der Waals surface area contributed by atoms with Crippen molar-refractivity contribution in [3.05, 3.63) is 53.7 Å². The third-order valence-electron chi connectivity index (χ3n) is 3.90. The number of aromatic nitrogens is 1. The number of carbonyl (C=O) groups excluding carboxylic acids is 2. The van der Waals surface area contributed by atoms with Gasteiger partial charge in [0.1, 0.15) is 5.03 Å². The molecule has 1 heterocycles. The summed E-state index contributed by atoms with van der Waals surface area (Å²) in [6.07, 6.45) is 2.32. The number of pyridine rings is 1. The molecule has 144 valence electrons. The zero-order valence-corrected chi connectivity index (χ0v) is 15.8. The number of hydrogen-bond acceptors (Lipinski definition) is 5. The quantitative estimate of drug-likeness (QED) is 0.519. The number of rotatable bonds is 8. The fourth-order valence-corrected chi connectivity index (χ4v) is 2.83. The number of nitrogens with zero attached hydrogens (tertiary/aromatic N) is 1. The van der Waals surface area contributed by atoms with E-state index in [0.717, 1.165) is 6.42 Å². The van der Waals surface area contributed by atoms with Crippen LogP contribution >= 0.6 is 11.8 Å². The Balaban J connectivity index is 1.91. The van der Waals surface area contributed by atoms with E-state index in [-0.39, 0.29) is 22.4 Å². The van der Waals surface area contributed by atoms with Crippen molar-refractivity contribution in [1.29, 1.82) is 0 Å². The molecule has 1 amide bonds. The molecule has 2 aromatic rings. The molecule has 0 spiro atoms. The topological polar surface area (TPSA) is 68.3 Å². The second-order valence-electron chi connectivity index (χ2n) is 5.79. The number of alkyl halides is 2. The van der Waals surface area contributed by atoms with Gasteiger partial charge < -0.3 is 10.1 Å². The third kappa shape index (κ3) is 6.32. The minimum Gasteiger partial charge on any atom is -0.452 e. The summed E-state index contributed by atoms with van der Waals surface area (Å²) in [4.78, 5) is 27.8. The van der Waals surface area contributed by atoms with Crippen LogP contribution < -0.4 is 5.32 Å². The summed E-state index contributed by atoms with van der Waals surface area (Å²) in [5.41, 5.74) is 1.65. The first-order valence-electron chi connectivity index (χ1n) is 8.37. The van der Waals surface area contributed by atoms with E-state index in [1.807, 2.05) is 12.1 Å². The van der Waals surface area contributed by atoms with Crippen LogP contribution in [0.25, 0.3) is 0 Å². The summed E-state index contributed by atoms with van der Waals surface area (Å²) in [5.74, 6) is -3.69. The van der Waals surface area contributed by atoms with Gasteiger partial charge in [0, 0.05) is 11.9 Å². The van der Waals surface area contributed by atoms with Crippen LogP contribution in [0, 0.1) is 0 Å². The van der Waals surface area contributed by atoms with Crippen LogP contribution in [-0.4, -0.2) is 29.2 Å². The summed E-state index contributed by atoms with van der Waals surface area (Å²) < 4.78 is 30.0. The largest absolute Gasteiger partial charge is 0.452 e. The van der Waals surface area contributed by atoms with Crippen LogP contribution in [0.2, 0.25) is 0 Å². The summed E-state index contributed by atoms with van der Waals surface area (Å²) in [7, 11) is 0. The number of halogens is 2. The lowest BCUT2D eigenvalue weighted by Gasteiger charge is -2.11. The molecule has 1 atom stereocenters. The molecule has 1 aromatic carbocycles. The molecular formula is C19H20F2N2O3S. The zero-order chi connectivity index (χ0) is 19.8. The summed E-state index contributed by atoms with van der Waals surface area (Å²) in [6, 6.07) is 10.2. The maximum absolute atomic E-state index is 12.5. The Kier molecular flexibility index (Phi) is 7.72. The second-order valence-corrected chi connectivity index (χ2v) is 6.77. The van der Waals surface area contributed by atoms with Crippen LogP contribution in [0.3, 0.4) is 0 Å². The summed E-state index contributed by atoms with van der Waals surface area (Å²) in [6.45, 7) is 3.69. The molecule has 2 rings (SSSR count). The summed E-state index contributed by atoms with van der Waals surface area (Å²) in [5, 5.41) is 2.48. The molecule has 1 aromatic heterocycles. The van der Waals surface area contributed by atoms with Gasteiger partial charge in [-0.3, -0.25) is 4.79 Å². The highest BCUT2D eigenvalue weighted by Crippen LogP contribution is 2.26. The normalized spacial score (nSPS) is 11.9. The molecule has 0 saturated heterocycles. The number of hydrogen-bond donors (Lipinski definition) is 1. The highest BCUT2D eigenvalue weighted by Gasteiger charge is 2.18. The van der Waals surface area contributed by atoms with E-state index >= 15 is 0 Å². The maximum atomic E-state index is 12.5. The molecule has 0 unspecified atom stereocenters. The van der Waals surface area contributed by atoms with Gasteiger partial charge >= 0.3 is 5.97 Å². The van der Waals surface area contributed by atoms with Gasteiger partial charge in [-0.25, -0.2) is 9.78 Å².